The second-order valence-corrected chi connectivity index (χ2v) is 6.09. The highest BCUT2D eigenvalue weighted by Crippen LogP contribution is 2.35. The van der Waals surface area contributed by atoms with Gasteiger partial charge in [0.25, 0.3) is 0 Å². The van der Waals surface area contributed by atoms with Crippen molar-refractivity contribution in [2.24, 2.45) is 5.41 Å². The van der Waals surface area contributed by atoms with E-state index in [0.717, 1.165) is 29.9 Å². The van der Waals surface area contributed by atoms with Gasteiger partial charge in [-0.15, -0.1) is 0 Å². The number of benzene rings is 1. The molecule has 2 rings (SSSR count). The van der Waals surface area contributed by atoms with E-state index in [9.17, 15) is 15.6 Å². The number of aliphatic hydroxyl groups is 1. The largest absolute Gasteiger partial charge is 0.483 e. The van der Waals surface area contributed by atoms with Gasteiger partial charge in [0.05, 0.1) is 18.7 Å². The van der Waals surface area contributed by atoms with E-state index < -0.39 is 11.5 Å². The van der Waals surface area contributed by atoms with Crippen LogP contribution in [0.15, 0.2) is 29.8 Å². The Labute approximate surface area is 143 Å². The first-order valence-electron chi connectivity index (χ1n) is 8.18. The zero-order valence-corrected chi connectivity index (χ0v) is 14.4. The highest BCUT2D eigenvalue weighted by molar-refractivity contribution is 5.55. The molecule has 0 amide bonds. The quantitative estimate of drug-likeness (QED) is 0.842. The maximum atomic E-state index is 9.59. The van der Waals surface area contributed by atoms with Gasteiger partial charge in [0, 0.05) is 24.8 Å². The predicted octanol–water partition coefficient (Wildman–Crippen LogP) is 2.81. The third-order valence-corrected chi connectivity index (χ3v) is 4.47. The Morgan fingerprint density at radius 1 is 1.29 bits per heavy atom. The van der Waals surface area contributed by atoms with Crippen molar-refractivity contribution in [2.45, 2.75) is 33.3 Å². The van der Waals surface area contributed by atoms with Crippen LogP contribution in [0.2, 0.25) is 0 Å². The van der Waals surface area contributed by atoms with Crippen LogP contribution in [0.3, 0.4) is 0 Å². The lowest BCUT2D eigenvalue weighted by Gasteiger charge is -2.26. The fourth-order valence-corrected chi connectivity index (χ4v) is 2.82. The second kappa shape index (κ2) is 7.38. The predicted molar refractivity (Wildman–Crippen MR) is 92.6 cm³/mol. The third-order valence-electron chi connectivity index (χ3n) is 4.47. The summed E-state index contributed by atoms with van der Waals surface area (Å²) in [6.07, 6.45) is 1.54. The molecule has 0 saturated heterocycles. The highest BCUT2D eigenvalue weighted by Gasteiger charge is 2.37. The van der Waals surface area contributed by atoms with Gasteiger partial charge in [-0.25, -0.2) is 0 Å². The van der Waals surface area contributed by atoms with E-state index in [1.165, 1.54) is 0 Å². The number of ether oxygens (including phenoxy) is 1. The minimum atomic E-state index is -1.31. The first-order valence-corrected chi connectivity index (χ1v) is 8.18. The molecule has 1 heterocycles. The highest BCUT2D eigenvalue weighted by atomic mass is 16.5. The maximum absolute atomic E-state index is 9.59. The van der Waals surface area contributed by atoms with E-state index in [-0.39, 0.29) is 6.61 Å². The molecule has 1 aliphatic heterocycles. The lowest BCUT2D eigenvalue weighted by Crippen LogP contribution is -2.33. The number of hydrogen-bond acceptors (Lipinski definition) is 5. The number of fused-ring (bicyclic) bond motifs is 1. The Hall–Kier alpha value is -2.50. The summed E-state index contributed by atoms with van der Waals surface area (Å²) in [5.74, 6) is 0.667. The van der Waals surface area contributed by atoms with Crippen molar-refractivity contribution in [2.75, 3.05) is 24.6 Å². The van der Waals surface area contributed by atoms with Gasteiger partial charge < -0.3 is 14.7 Å². The normalized spacial score (nSPS) is 16.8. The van der Waals surface area contributed by atoms with E-state index >= 15 is 0 Å². The van der Waals surface area contributed by atoms with Gasteiger partial charge in [-0.3, -0.25) is 0 Å². The summed E-state index contributed by atoms with van der Waals surface area (Å²) < 4.78 is 6.06. The number of rotatable bonds is 5. The number of hydrogen-bond donors (Lipinski definition) is 1. The third kappa shape index (κ3) is 3.37. The molecule has 1 unspecified atom stereocenters. The summed E-state index contributed by atoms with van der Waals surface area (Å²) in [5, 5.41) is 28.4. The molecule has 0 bridgehead atoms. The van der Waals surface area contributed by atoms with E-state index in [2.05, 4.69) is 18.7 Å². The van der Waals surface area contributed by atoms with Crippen molar-refractivity contribution in [3.8, 4) is 17.9 Å². The topological polar surface area (TPSA) is 80.3 Å². The van der Waals surface area contributed by atoms with Gasteiger partial charge >= 0.3 is 0 Å². The summed E-state index contributed by atoms with van der Waals surface area (Å²) in [4.78, 5) is 2.21. The van der Waals surface area contributed by atoms with Crippen molar-refractivity contribution < 1.29 is 9.84 Å². The van der Waals surface area contributed by atoms with E-state index in [1.54, 1.807) is 13.0 Å². The number of nitriles is 2. The Bertz CT molecular complexity index is 694. The summed E-state index contributed by atoms with van der Waals surface area (Å²) in [6, 6.07) is 10.1. The van der Waals surface area contributed by atoms with Crippen LogP contribution in [0.25, 0.3) is 0 Å². The van der Waals surface area contributed by atoms with Crippen molar-refractivity contribution >= 4 is 5.69 Å². The first-order chi connectivity index (χ1) is 11.5. The van der Waals surface area contributed by atoms with Gasteiger partial charge in [-0.1, -0.05) is 6.07 Å². The lowest BCUT2D eigenvalue weighted by atomic mass is 9.86. The Balaban J connectivity index is 2.48. The van der Waals surface area contributed by atoms with Crippen LogP contribution in [-0.4, -0.2) is 30.9 Å². The van der Waals surface area contributed by atoms with Gasteiger partial charge in [0.1, 0.15) is 11.9 Å². The van der Waals surface area contributed by atoms with Crippen molar-refractivity contribution in [1.29, 1.82) is 10.5 Å². The Morgan fingerprint density at radius 2 is 1.96 bits per heavy atom. The molecule has 126 valence electrons. The van der Waals surface area contributed by atoms with Crippen LogP contribution in [0.1, 0.15) is 26.3 Å². The SMILES string of the molecule is CCN(CC)c1ccc2c(c1)OC(C(C)(C#N)C#N)C=C(CO)C2. The Kier molecular flexibility index (Phi) is 5.49. The number of nitrogens with zero attached hydrogens (tertiary/aromatic N) is 3. The molecule has 1 aromatic carbocycles. The molecule has 0 saturated carbocycles. The van der Waals surface area contributed by atoms with Crippen LogP contribution in [-0.2, 0) is 6.42 Å². The molecule has 1 aliphatic rings. The minimum absolute atomic E-state index is 0.121. The van der Waals surface area contributed by atoms with Crippen molar-refractivity contribution in [1.82, 2.24) is 0 Å². The van der Waals surface area contributed by atoms with E-state index in [0.29, 0.717) is 12.2 Å². The molecule has 0 aromatic heterocycles. The van der Waals surface area contributed by atoms with Crippen LogP contribution in [0.5, 0.6) is 5.75 Å². The number of aliphatic hydroxyl groups excluding tert-OH is 1. The average Bonchev–Trinajstić information content (AvgIpc) is 2.81. The molecule has 1 atom stereocenters. The summed E-state index contributed by atoms with van der Waals surface area (Å²) in [6.45, 7) is 7.38. The molecule has 0 aliphatic carbocycles. The second-order valence-electron chi connectivity index (χ2n) is 6.09. The van der Waals surface area contributed by atoms with Gasteiger partial charge in [0.15, 0.2) is 5.41 Å². The molecule has 0 radical (unpaired) electrons. The number of anilines is 1. The van der Waals surface area contributed by atoms with Crippen LogP contribution >= 0.6 is 0 Å². The van der Waals surface area contributed by atoms with Crippen molar-refractivity contribution in [3.05, 3.63) is 35.4 Å². The standard InChI is InChI=1S/C19H23N3O2/c1-4-22(5-2)16-7-6-15-8-14(11-23)9-18(24-17(15)10-16)19(3,12-20)13-21/h6-7,9-10,18,23H,4-5,8,11H2,1-3H3. The molecule has 1 aromatic rings. The molecule has 5 nitrogen and oxygen atoms in total. The van der Waals surface area contributed by atoms with Crippen molar-refractivity contribution in [3.63, 3.8) is 0 Å². The summed E-state index contributed by atoms with van der Waals surface area (Å²) >= 11 is 0. The smallest absolute Gasteiger partial charge is 0.181 e. The Morgan fingerprint density at radius 3 is 2.50 bits per heavy atom. The zero-order chi connectivity index (χ0) is 17.7. The molecule has 5 heteroatoms. The molecular weight excluding hydrogens is 302 g/mol. The monoisotopic (exact) mass is 325 g/mol. The molecule has 24 heavy (non-hydrogen) atoms. The first kappa shape index (κ1) is 17.8. The summed E-state index contributed by atoms with van der Waals surface area (Å²) in [7, 11) is 0. The summed E-state index contributed by atoms with van der Waals surface area (Å²) in [5.41, 5.74) is 1.44. The average molecular weight is 325 g/mol. The fourth-order valence-electron chi connectivity index (χ4n) is 2.82. The van der Waals surface area contributed by atoms with Crippen LogP contribution in [0, 0.1) is 28.1 Å². The molecule has 1 N–H and O–H groups in total. The van der Waals surface area contributed by atoms with E-state index in [4.69, 9.17) is 4.74 Å². The molecular formula is C19H23N3O2. The molecule has 0 fully saturated rings. The van der Waals surface area contributed by atoms with Gasteiger partial charge in [0.2, 0.25) is 0 Å². The van der Waals surface area contributed by atoms with E-state index in [1.807, 2.05) is 30.3 Å². The van der Waals surface area contributed by atoms with Crippen LogP contribution < -0.4 is 9.64 Å². The van der Waals surface area contributed by atoms with Gasteiger partial charge in [-0.2, -0.15) is 10.5 Å². The lowest BCUT2D eigenvalue weighted by molar-refractivity contribution is 0.178. The molecule has 0 spiro atoms. The zero-order valence-electron chi connectivity index (χ0n) is 14.4. The fraction of sp³-hybridized carbons (Fsp3) is 0.474. The maximum Gasteiger partial charge on any atom is 0.181 e. The van der Waals surface area contributed by atoms with Crippen LogP contribution in [0.4, 0.5) is 5.69 Å². The van der Waals surface area contributed by atoms with Gasteiger partial charge in [-0.05, 0) is 50.5 Å². The minimum Gasteiger partial charge on any atom is -0.483 e.